The smallest absolute Gasteiger partial charge is 0.00794 e. The predicted molar refractivity (Wildman–Crippen MR) is 55.5 cm³/mol. The Bertz CT molecular complexity index is 87.8. The number of hydrogen-bond donors (Lipinski definition) is 2. The molecule has 2 heteroatoms. The summed E-state index contributed by atoms with van der Waals surface area (Å²) in [6.07, 6.45) is 2.47. The highest BCUT2D eigenvalue weighted by Crippen LogP contribution is 1.94. The van der Waals surface area contributed by atoms with Crippen LogP contribution in [0.1, 0.15) is 40.5 Å². The van der Waals surface area contributed by atoms with Crippen molar-refractivity contribution in [2.24, 2.45) is 0 Å². The molecule has 0 aliphatic carbocycles. The van der Waals surface area contributed by atoms with Crippen LogP contribution in [0, 0.1) is 0 Å². The quantitative estimate of drug-likeness (QED) is 0.572. The third-order valence-corrected chi connectivity index (χ3v) is 2.10. The van der Waals surface area contributed by atoms with Gasteiger partial charge in [0.15, 0.2) is 0 Å². The van der Waals surface area contributed by atoms with Crippen molar-refractivity contribution < 1.29 is 0 Å². The molecular formula is C10H24N2. The van der Waals surface area contributed by atoms with E-state index in [-0.39, 0.29) is 0 Å². The fourth-order valence-corrected chi connectivity index (χ4v) is 1.21. The summed E-state index contributed by atoms with van der Waals surface area (Å²) >= 11 is 0. The first-order valence-corrected chi connectivity index (χ1v) is 5.17. The third-order valence-electron chi connectivity index (χ3n) is 2.10. The molecule has 2 nitrogen and oxygen atoms in total. The molecule has 74 valence electrons. The van der Waals surface area contributed by atoms with Gasteiger partial charge in [0.05, 0.1) is 0 Å². The van der Waals surface area contributed by atoms with Gasteiger partial charge in [0.1, 0.15) is 0 Å². The molecule has 0 atom stereocenters. The van der Waals surface area contributed by atoms with Gasteiger partial charge in [0.2, 0.25) is 0 Å². The molecule has 0 saturated carbocycles. The maximum Gasteiger partial charge on any atom is 0.00794 e. The standard InChI is InChI=1S/C10H24N2/c1-5-10(6-2)12-8-7-11-9(3)4/h9-12H,5-8H2,1-4H3. The van der Waals surface area contributed by atoms with Crippen molar-refractivity contribution in [1.29, 1.82) is 0 Å². The number of hydrogen-bond acceptors (Lipinski definition) is 2. The van der Waals surface area contributed by atoms with Crippen molar-refractivity contribution in [1.82, 2.24) is 10.6 Å². The van der Waals surface area contributed by atoms with E-state index in [1.165, 1.54) is 12.8 Å². The molecule has 0 amide bonds. The van der Waals surface area contributed by atoms with Gasteiger partial charge in [-0.1, -0.05) is 27.7 Å². The summed E-state index contributed by atoms with van der Waals surface area (Å²) in [6, 6.07) is 1.31. The average molecular weight is 172 g/mol. The minimum absolute atomic E-state index is 0.605. The number of rotatable bonds is 7. The Kier molecular flexibility index (Phi) is 7.51. The summed E-state index contributed by atoms with van der Waals surface area (Å²) in [4.78, 5) is 0. The normalized spacial score (nSPS) is 11.5. The Morgan fingerprint density at radius 1 is 0.917 bits per heavy atom. The highest BCUT2D eigenvalue weighted by Gasteiger charge is 2.00. The van der Waals surface area contributed by atoms with Crippen LogP contribution in [0.4, 0.5) is 0 Å². The van der Waals surface area contributed by atoms with Crippen LogP contribution in [0.25, 0.3) is 0 Å². The zero-order valence-electron chi connectivity index (χ0n) is 8.98. The van der Waals surface area contributed by atoms with Crippen LogP contribution in [0.5, 0.6) is 0 Å². The molecule has 0 spiro atoms. The minimum Gasteiger partial charge on any atom is -0.313 e. The zero-order valence-corrected chi connectivity index (χ0v) is 8.98. The molecule has 0 aromatic carbocycles. The summed E-state index contributed by atoms with van der Waals surface area (Å²) in [5.41, 5.74) is 0. The average Bonchev–Trinajstić information content (AvgIpc) is 2.04. The summed E-state index contributed by atoms with van der Waals surface area (Å²) in [7, 11) is 0. The molecule has 0 aliphatic heterocycles. The van der Waals surface area contributed by atoms with E-state index in [0.29, 0.717) is 12.1 Å². The largest absolute Gasteiger partial charge is 0.313 e. The Balaban J connectivity index is 3.17. The molecule has 0 radical (unpaired) electrons. The molecule has 0 saturated heterocycles. The van der Waals surface area contributed by atoms with E-state index in [4.69, 9.17) is 0 Å². The lowest BCUT2D eigenvalue weighted by Gasteiger charge is -2.15. The molecule has 0 unspecified atom stereocenters. The molecule has 0 aliphatic rings. The Hall–Kier alpha value is -0.0800. The summed E-state index contributed by atoms with van der Waals surface area (Å²) in [5, 5.41) is 6.90. The third kappa shape index (κ3) is 6.62. The van der Waals surface area contributed by atoms with Crippen molar-refractivity contribution >= 4 is 0 Å². The van der Waals surface area contributed by atoms with Crippen molar-refractivity contribution in [3.63, 3.8) is 0 Å². The van der Waals surface area contributed by atoms with E-state index in [1.54, 1.807) is 0 Å². The molecule has 0 rings (SSSR count). The van der Waals surface area contributed by atoms with E-state index < -0.39 is 0 Å². The van der Waals surface area contributed by atoms with Crippen molar-refractivity contribution in [2.75, 3.05) is 13.1 Å². The maximum absolute atomic E-state index is 3.51. The summed E-state index contributed by atoms with van der Waals surface area (Å²) in [5.74, 6) is 0. The van der Waals surface area contributed by atoms with Crippen LogP contribution >= 0.6 is 0 Å². The van der Waals surface area contributed by atoms with Crippen LogP contribution in [0.3, 0.4) is 0 Å². The first-order chi connectivity index (χ1) is 5.70. The molecule has 12 heavy (non-hydrogen) atoms. The summed E-state index contributed by atoms with van der Waals surface area (Å²) in [6.45, 7) is 11.0. The first-order valence-electron chi connectivity index (χ1n) is 5.17. The van der Waals surface area contributed by atoms with Gasteiger partial charge in [-0.2, -0.15) is 0 Å². The van der Waals surface area contributed by atoms with E-state index in [0.717, 1.165) is 13.1 Å². The van der Waals surface area contributed by atoms with E-state index in [9.17, 15) is 0 Å². The Morgan fingerprint density at radius 2 is 1.42 bits per heavy atom. The van der Waals surface area contributed by atoms with Crippen LogP contribution in [0.2, 0.25) is 0 Å². The molecule has 0 heterocycles. The van der Waals surface area contributed by atoms with E-state index in [1.807, 2.05) is 0 Å². The lowest BCUT2D eigenvalue weighted by molar-refractivity contribution is 0.465. The second kappa shape index (κ2) is 7.56. The van der Waals surface area contributed by atoms with Gasteiger partial charge in [0, 0.05) is 25.2 Å². The highest BCUT2D eigenvalue weighted by atomic mass is 15.0. The van der Waals surface area contributed by atoms with E-state index in [2.05, 4.69) is 38.3 Å². The first kappa shape index (κ1) is 11.9. The highest BCUT2D eigenvalue weighted by molar-refractivity contribution is 4.63. The molecular weight excluding hydrogens is 148 g/mol. The van der Waals surface area contributed by atoms with Crippen molar-refractivity contribution in [3.8, 4) is 0 Å². The second-order valence-corrected chi connectivity index (χ2v) is 3.58. The van der Waals surface area contributed by atoms with Crippen LogP contribution in [-0.2, 0) is 0 Å². The topological polar surface area (TPSA) is 24.1 Å². The van der Waals surface area contributed by atoms with Crippen LogP contribution < -0.4 is 10.6 Å². The second-order valence-electron chi connectivity index (χ2n) is 3.58. The van der Waals surface area contributed by atoms with E-state index >= 15 is 0 Å². The van der Waals surface area contributed by atoms with Gasteiger partial charge < -0.3 is 10.6 Å². The lowest BCUT2D eigenvalue weighted by atomic mass is 10.2. The van der Waals surface area contributed by atoms with Gasteiger partial charge in [0.25, 0.3) is 0 Å². The van der Waals surface area contributed by atoms with Gasteiger partial charge in [-0.3, -0.25) is 0 Å². The fraction of sp³-hybridized carbons (Fsp3) is 1.00. The maximum atomic E-state index is 3.51. The zero-order chi connectivity index (χ0) is 9.40. The lowest BCUT2D eigenvalue weighted by Crippen LogP contribution is -2.36. The van der Waals surface area contributed by atoms with Crippen molar-refractivity contribution in [3.05, 3.63) is 0 Å². The van der Waals surface area contributed by atoms with Crippen LogP contribution in [-0.4, -0.2) is 25.2 Å². The van der Waals surface area contributed by atoms with Gasteiger partial charge in [-0.15, -0.1) is 0 Å². The van der Waals surface area contributed by atoms with Crippen molar-refractivity contribution in [2.45, 2.75) is 52.6 Å². The Labute approximate surface area is 77.1 Å². The summed E-state index contributed by atoms with van der Waals surface area (Å²) < 4.78 is 0. The van der Waals surface area contributed by atoms with Gasteiger partial charge in [-0.25, -0.2) is 0 Å². The molecule has 0 aromatic rings. The Morgan fingerprint density at radius 3 is 1.83 bits per heavy atom. The van der Waals surface area contributed by atoms with Gasteiger partial charge in [-0.05, 0) is 12.8 Å². The SMILES string of the molecule is CCC(CC)NCCNC(C)C. The molecule has 0 bridgehead atoms. The monoisotopic (exact) mass is 172 g/mol. The molecule has 0 aromatic heterocycles. The molecule has 2 N–H and O–H groups in total. The van der Waals surface area contributed by atoms with Crippen LogP contribution in [0.15, 0.2) is 0 Å². The van der Waals surface area contributed by atoms with Gasteiger partial charge >= 0.3 is 0 Å². The minimum atomic E-state index is 0.605. The fourth-order valence-electron chi connectivity index (χ4n) is 1.21. The molecule has 0 fully saturated rings. The number of nitrogens with one attached hydrogen (secondary N) is 2. The predicted octanol–water partition coefficient (Wildman–Crippen LogP) is 1.76.